The van der Waals surface area contributed by atoms with Crippen LogP contribution in [0.2, 0.25) is 0 Å². The zero-order valence-corrected chi connectivity index (χ0v) is 26.5. The zero-order valence-electron chi connectivity index (χ0n) is 26.5. The maximum absolute atomic E-state index is 13.3. The highest BCUT2D eigenvalue weighted by Crippen LogP contribution is 2.34. The minimum atomic E-state index is -1.61. The Morgan fingerprint density at radius 1 is 1.06 bits per heavy atom. The molecule has 14 heteroatoms. The van der Waals surface area contributed by atoms with Crippen LogP contribution in [0.25, 0.3) is 22.1 Å². The number of unbranched alkanes of at least 4 members (excludes halogenated alkanes) is 2. The van der Waals surface area contributed by atoms with E-state index in [4.69, 9.17) is 28.6 Å². The van der Waals surface area contributed by atoms with E-state index < -0.39 is 55.7 Å². The molecule has 0 radical (unpaired) electrons. The van der Waals surface area contributed by atoms with Gasteiger partial charge in [0.1, 0.15) is 54.7 Å². The number of phenolic OH excluding ortho intramolecular Hbond substituents is 1. The van der Waals surface area contributed by atoms with Crippen molar-refractivity contribution in [2.75, 3.05) is 6.61 Å². The van der Waals surface area contributed by atoms with E-state index in [0.717, 1.165) is 30.5 Å². The van der Waals surface area contributed by atoms with Crippen molar-refractivity contribution in [2.45, 2.75) is 75.8 Å². The van der Waals surface area contributed by atoms with Crippen molar-refractivity contribution in [3.05, 3.63) is 83.0 Å². The molecule has 1 aromatic heterocycles. The fourth-order valence-corrected chi connectivity index (χ4v) is 5.95. The van der Waals surface area contributed by atoms with Gasteiger partial charge in [0.25, 0.3) is 0 Å². The van der Waals surface area contributed by atoms with Crippen LogP contribution in [-0.4, -0.2) is 86.5 Å². The van der Waals surface area contributed by atoms with Gasteiger partial charge in [0, 0.05) is 24.0 Å². The molecule has 4 heterocycles. The van der Waals surface area contributed by atoms with Crippen molar-refractivity contribution in [1.29, 1.82) is 0 Å². The largest absolute Gasteiger partial charge is 0.508 e. The second kappa shape index (κ2) is 14.6. The number of rotatable bonds is 13. The number of aliphatic hydroxyl groups is 2. The van der Waals surface area contributed by atoms with Gasteiger partial charge in [-0.2, -0.15) is 0 Å². The molecule has 14 nitrogen and oxygen atoms in total. The van der Waals surface area contributed by atoms with Gasteiger partial charge < -0.3 is 39.1 Å². The normalized spacial score (nSPS) is 24.4. The first-order chi connectivity index (χ1) is 23.6. The number of aliphatic carboxylic acids is 1. The van der Waals surface area contributed by atoms with E-state index in [-0.39, 0.29) is 33.9 Å². The fraction of sp³-hybridized carbons (Fsp3) is 0.371. The molecule has 0 bridgehead atoms. The highest BCUT2D eigenvalue weighted by Gasteiger charge is 2.49. The maximum Gasteiger partial charge on any atom is 0.317 e. The Hall–Kier alpha value is -5.02. The van der Waals surface area contributed by atoms with E-state index >= 15 is 0 Å². The van der Waals surface area contributed by atoms with Gasteiger partial charge in [0.05, 0.1) is 22.7 Å². The van der Waals surface area contributed by atoms with Gasteiger partial charge in [-0.25, -0.2) is 0 Å². The number of hydrogen-bond acceptors (Lipinski definition) is 13. The summed E-state index contributed by atoms with van der Waals surface area (Å²) in [6.45, 7) is 1.53. The molecular weight excluding hydrogens is 640 g/mol. The molecule has 258 valence electrons. The third-order valence-electron chi connectivity index (χ3n) is 8.50. The van der Waals surface area contributed by atoms with Crippen molar-refractivity contribution >= 4 is 28.6 Å². The average Bonchev–Trinajstić information content (AvgIpc) is 3.66. The number of allylic oxidation sites excluding steroid dienone is 1. The van der Waals surface area contributed by atoms with E-state index in [1.807, 2.05) is 6.08 Å². The summed E-state index contributed by atoms with van der Waals surface area (Å²) in [5.41, 5.74) is 2.40. The molecule has 6 atom stereocenters. The molecule has 0 aliphatic carbocycles. The summed E-state index contributed by atoms with van der Waals surface area (Å²) in [4.78, 5) is 47.0. The van der Waals surface area contributed by atoms with Crippen LogP contribution in [0, 0.1) is 0 Å². The number of aromatic hydroxyl groups is 1. The standard InChI is InChI=1S/C35H36N2O12/c1-2-3-4-5-25-30-20(12-13-36-30)16-37(25)49-34-33(44)32(43)27(18-46-29(41)15-28(39)40)48-35(34)47-22-10-11-23-26(14-22)45-17-24(31(23)42)19-6-8-21(38)9-7-19/h6-14,16-17,25,27,32-35,38,43-44H,2-5,15,18H2,1H3,(H,39,40). The maximum atomic E-state index is 13.3. The summed E-state index contributed by atoms with van der Waals surface area (Å²) in [7, 11) is 0. The number of aliphatic imine (C=N–C) groups is 1. The first-order valence-corrected chi connectivity index (χ1v) is 15.9. The van der Waals surface area contributed by atoms with Crippen LogP contribution >= 0.6 is 0 Å². The molecule has 0 spiro atoms. The number of ether oxygens (including phenoxy) is 3. The number of carboxylic acids is 1. The Morgan fingerprint density at radius 2 is 1.86 bits per heavy atom. The number of phenols is 1. The minimum Gasteiger partial charge on any atom is -0.508 e. The summed E-state index contributed by atoms with van der Waals surface area (Å²) < 4.78 is 23.0. The summed E-state index contributed by atoms with van der Waals surface area (Å²) in [5.74, 6) is -2.22. The Labute approximate surface area is 280 Å². The van der Waals surface area contributed by atoms with Crippen LogP contribution in [0.5, 0.6) is 11.5 Å². The summed E-state index contributed by atoms with van der Waals surface area (Å²) >= 11 is 0. The highest BCUT2D eigenvalue weighted by molar-refractivity contribution is 6.10. The number of hydroxylamine groups is 2. The molecular formula is C35H36N2O12. The van der Waals surface area contributed by atoms with Crippen molar-refractivity contribution < 1.29 is 53.5 Å². The van der Waals surface area contributed by atoms with Crippen LogP contribution in [0.3, 0.4) is 0 Å². The van der Waals surface area contributed by atoms with Crippen LogP contribution in [-0.2, 0) is 23.9 Å². The molecule has 3 aliphatic rings. The zero-order chi connectivity index (χ0) is 34.7. The lowest BCUT2D eigenvalue weighted by Gasteiger charge is -2.43. The topological polar surface area (TPSA) is 198 Å². The van der Waals surface area contributed by atoms with Gasteiger partial charge >= 0.3 is 11.9 Å². The molecule has 2 aromatic carbocycles. The van der Waals surface area contributed by atoms with Gasteiger partial charge in [-0.05, 0) is 42.3 Å². The van der Waals surface area contributed by atoms with E-state index in [1.165, 1.54) is 36.6 Å². The second-order valence-electron chi connectivity index (χ2n) is 11.9. The molecule has 4 N–H and O–H groups in total. The molecule has 0 amide bonds. The van der Waals surface area contributed by atoms with Crippen LogP contribution in [0.1, 0.15) is 39.0 Å². The number of fused-ring (bicyclic) bond motifs is 2. The molecule has 3 aliphatic heterocycles. The van der Waals surface area contributed by atoms with E-state index in [9.17, 15) is 29.7 Å². The Kier molecular flexibility index (Phi) is 10.1. The average molecular weight is 677 g/mol. The van der Waals surface area contributed by atoms with Crippen LogP contribution in [0.15, 0.2) is 87.0 Å². The number of carbonyl (C=O) groups is 2. The van der Waals surface area contributed by atoms with Crippen molar-refractivity contribution in [3.8, 4) is 22.6 Å². The van der Waals surface area contributed by atoms with Gasteiger partial charge in [0.2, 0.25) is 6.29 Å². The van der Waals surface area contributed by atoms with Crippen molar-refractivity contribution in [2.24, 2.45) is 4.99 Å². The van der Waals surface area contributed by atoms with Gasteiger partial charge in [-0.3, -0.25) is 29.3 Å². The molecule has 1 fully saturated rings. The molecule has 0 saturated carbocycles. The SMILES string of the molecule is CCCCCC1C2=NC=CC2=CN1OC1C(Oc2ccc3c(=O)c(-c4ccc(O)cc4)coc3c2)OC(COC(=O)CC(=O)O)C(O)C1O. The quantitative estimate of drug-likeness (QED) is 0.117. The van der Waals surface area contributed by atoms with E-state index in [0.29, 0.717) is 17.5 Å². The second-order valence-corrected chi connectivity index (χ2v) is 11.9. The number of esters is 1. The van der Waals surface area contributed by atoms with Crippen LogP contribution < -0.4 is 10.2 Å². The number of nitrogens with zero attached hydrogens (tertiary/aromatic N) is 2. The third-order valence-corrected chi connectivity index (χ3v) is 8.50. The van der Waals surface area contributed by atoms with Crippen molar-refractivity contribution in [1.82, 2.24) is 5.06 Å². The minimum absolute atomic E-state index is 0.0584. The van der Waals surface area contributed by atoms with Gasteiger partial charge in [-0.1, -0.05) is 38.3 Å². The highest BCUT2D eigenvalue weighted by atomic mass is 16.8. The predicted octanol–water partition coefficient (Wildman–Crippen LogP) is 3.43. The lowest BCUT2D eigenvalue weighted by atomic mass is 9.99. The monoisotopic (exact) mass is 676 g/mol. The third kappa shape index (κ3) is 7.37. The van der Waals surface area contributed by atoms with Gasteiger partial charge in [-0.15, -0.1) is 0 Å². The number of aliphatic hydroxyl groups excluding tert-OH is 2. The number of benzene rings is 2. The van der Waals surface area contributed by atoms with Crippen LogP contribution in [0.4, 0.5) is 0 Å². The van der Waals surface area contributed by atoms with E-state index in [2.05, 4.69) is 11.9 Å². The number of carbonyl (C=O) groups excluding carboxylic acids is 1. The first kappa shape index (κ1) is 33.9. The first-order valence-electron chi connectivity index (χ1n) is 15.9. The Morgan fingerprint density at radius 3 is 2.61 bits per heavy atom. The number of carboxylic acid groups (broad SMARTS) is 1. The summed E-state index contributed by atoms with van der Waals surface area (Å²) in [6.07, 6.45) is 2.10. The smallest absolute Gasteiger partial charge is 0.317 e. The van der Waals surface area contributed by atoms with Crippen molar-refractivity contribution in [3.63, 3.8) is 0 Å². The predicted molar refractivity (Wildman–Crippen MR) is 173 cm³/mol. The van der Waals surface area contributed by atoms with Gasteiger partial charge in [0.15, 0.2) is 11.5 Å². The van der Waals surface area contributed by atoms with E-state index in [1.54, 1.807) is 29.6 Å². The lowest BCUT2D eigenvalue weighted by molar-refractivity contribution is -0.330. The Balaban J connectivity index is 1.27. The fourth-order valence-electron chi connectivity index (χ4n) is 5.95. The molecule has 6 rings (SSSR count). The molecule has 1 saturated heterocycles. The lowest BCUT2D eigenvalue weighted by Crippen LogP contribution is -2.62. The Bertz CT molecular complexity index is 1850. The number of hydrogen-bond donors (Lipinski definition) is 4. The molecule has 3 aromatic rings. The molecule has 49 heavy (non-hydrogen) atoms. The summed E-state index contributed by atoms with van der Waals surface area (Å²) in [5, 5.41) is 42.7. The molecule has 6 unspecified atom stereocenters. The summed E-state index contributed by atoms with van der Waals surface area (Å²) in [6, 6.07) is 10.3.